The third-order valence-corrected chi connectivity index (χ3v) is 4.53. The Balaban J connectivity index is 1.88. The SMILES string of the molecule is CCOC1CCCN(CC2(CNC)CCOCC2)C1. The number of ether oxygens (including phenoxy) is 2. The van der Waals surface area contributed by atoms with Crippen LogP contribution in [-0.2, 0) is 9.47 Å². The van der Waals surface area contributed by atoms with Gasteiger partial charge in [-0.3, -0.25) is 0 Å². The highest BCUT2D eigenvalue weighted by Crippen LogP contribution is 2.32. The van der Waals surface area contributed by atoms with Crippen LogP contribution in [-0.4, -0.2) is 64.1 Å². The van der Waals surface area contributed by atoms with Crippen molar-refractivity contribution in [3.05, 3.63) is 0 Å². The smallest absolute Gasteiger partial charge is 0.0702 e. The van der Waals surface area contributed by atoms with Crippen LogP contribution in [0.3, 0.4) is 0 Å². The van der Waals surface area contributed by atoms with Crippen LogP contribution in [0.1, 0.15) is 32.6 Å². The Labute approximate surface area is 117 Å². The molecule has 112 valence electrons. The zero-order valence-corrected chi connectivity index (χ0v) is 12.6. The van der Waals surface area contributed by atoms with Crippen LogP contribution in [0.15, 0.2) is 0 Å². The number of hydrogen-bond acceptors (Lipinski definition) is 4. The molecule has 1 N–H and O–H groups in total. The van der Waals surface area contributed by atoms with Crippen LogP contribution in [0, 0.1) is 5.41 Å². The van der Waals surface area contributed by atoms with Crippen molar-refractivity contribution in [2.24, 2.45) is 5.41 Å². The van der Waals surface area contributed by atoms with Crippen molar-refractivity contribution < 1.29 is 9.47 Å². The summed E-state index contributed by atoms with van der Waals surface area (Å²) in [5.74, 6) is 0. The molecule has 0 spiro atoms. The minimum atomic E-state index is 0.404. The Bertz CT molecular complexity index is 247. The fourth-order valence-corrected chi connectivity index (χ4v) is 3.57. The van der Waals surface area contributed by atoms with Crippen LogP contribution in [0.5, 0.6) is 0 Å². The van der Waals surface area contributed by atoms with Gasteiger partial charge in [-0.25, -0.2) is 0 Å². The fraction of sp³-hybridized carbons (Fsp3) is 1.00. The van der Waals surface area contributed by atoms with E-state index in [0.29, 0.717) is 11.5 Å². The van der Waals surface area contributed by atoms with Crippen LogP contribution in [0.2, 0.25) is 0 Å². The van der Waals surface area contributed by atoms with Gasteiger partial charge in [0.25, 0.3) is 0 Å². The summed E-state index contributed by atoms with van der Waals surface area (Å²) in [5.41, 5.74) is 0.404. The summed E-state index contributed by atoms with van der Waals surface area (Å²) < 4.78 is 11.4. The van der Waals surface area contributed by atoms with Gasteiger partial charge in [0.15, 0.2) is 0 Å². The molecular weight excluding hydrogens is 240 g/mol. The monoisotopic (exact) mass is 270 g/mol. The van der Waals surface area contributed by atoms with E-state index >= 15 is 0 Å². The largest absolute Gasteiger partial charge is 0.381 e. The van der Waals surface area contributed by atoms with E-state index in [4.69, 9.17) is 9.47 Å². The number of nitrogens with one attached hydrogen (secondary N) is 1. The molecule has 2 heterocycles. The molecule has 1 atom stereocenters. The molecule has 0 aromatic heterocycles. The van der Waals surface area contributed by atoms with Crippen LogP contribution in [0.25, 0.3) is 0 Å². The number of likely N-dealkylation sites (tertiary alicyclic amines) is 1. The second kappa shape index (κ2) is 7.58. The maximum absolute atomic E-state index is 5.81. The first-order valence-electron chi connectivity index (χ1n) is 7.84. The molecule has 0 aromatic rings. The summed E-state index contributed by atoms with van der Waals surface area (Å²) in [6, 6.07) is 0. The van der Waals surface area contributed by atoms with Crippen molar-refractivity contribution in [3.8, 4) is 0 Å². The topological polar surface area (TPSA) is 33.7 Å². The van der Waals surface area contributed by atoms with E-state index in [-0.39, 0.29) is 0 Å². The van der Waals surface area contributed by atoms with E-state index in [2.05, 4.69) is 24.2 Å². The van der Waals surface area contributed by atoms with Gasteiger partial charge < -0.3 is 19.7 Å². The first kappa shape index (κ1) is 15.2. The van der Waals surface area contributed by atoms with E-state index < -0.39 is 0 Å². The van der Waals surface area contributed by atoms with E-state index in [9.17, 15) is 0 Å². The van der Waals surface area contributed by atoms with Crippen LogP contribution in [0.4, 0.5) is 0 Å². The Morgan fingerprint density at radius 1 is 1.37 bits per heavy atom. The van der Waals surface area contributed by atoms with Gasteiger partial charge in [-0.15, -0.1) is 0 Å². The van der Waals surface area contributed by atoms with Gasteiger partial charge >= 0.3 is 0 Å². The second-order valence-corrected chi connectivity index (χ2v) is 6.10. The van der Waals surface area contributed by atoms with Gasteiger partial charge in [-0.1, -0.05) is 0 Å². The first-order valence-corrected chi connectivity index (χ1v) is 7.84. The van der Waals surface area contributed by atoms with Crippen LogP contribution >= 0.6 is 0 Å². The molecule has 2 aliphatic rings. The Kier molecular flexibility index (Phi) is 6.07. The highest BCUT2D eigenvalue weighted by atomic mass is 16.5. The average Bonchev–Trinajstić information content (AvgIpc) is 2.41. The Hall–Kier alpha value is -0.160. The summed E-state index contributed by atoms with van der Waals surface area (Å²) in [6.07, 6.45) is 5.32. The van der Waals surface area contributed by atoms with E-state index in [1.165, 1.54) is 38.8 Å². The predicted molar refractivity (Wildman–Crippen MR) is 77.5 cm³/mol. The molecule has 0 radical (unpaired) electrons. The predicted octanol–water partition coefficient (Wildman–Crippen LogP) is 1.50. The molecule has 2 fully saturated rings. The number of rotatable bonds is 6. The van der Waals surface area contributed by atoms with Gasteiger partial charge in [0, 0.05) is 39.5 Å². The summed E-state index contributed by atoms with van der Waals surface area (Å²) in [5, 5.41) is 3.39. The lowest BCUT2D eigenvalue weighted by molar-refractivity contribution is -0.0344. The van der Waals surface area contributed by atoms with E-state index in [0.717, 1.165) is 32.9 Å². The molecule has 2 saturated heterocycles. The lowest BCUT2D eigenvalue weighted by Crippen LogP contribution is -2.50. The molecule has 4 nitrogen and oxygen atoms in total. The van der Waals surface area contributed by atoms with Gasteiger partial charge in [0.1, 0.15) is 0 Å². The molecule has 0 aliphatic carbocycles. The van der Waals surface area contributed by atoms with Crippen LogP contribution < -0.4 is 5.32 Å². The van der Waals surface area contributed by atoms with Gasteiger partial charge in [-0.05, 0) is 51.6 Å². The molecule has 4 heteroatoms. The van der Waals surface area contributed by atoms with Crippen molar-refractivity contribution in [2.45, 2.75) is 38.7 Å². The Morgan fingerprint density at radius 2 is 2.16 bits per heavy atom. The summed E-state index contributed by atoms with van der Waals surface area (Å²) in [6.45, 7) is 9.42. The fourth-order valence-electron chi connectivity index (χ4n) is 3.57. The van der Waals surface area contributed by atoms with Gasteiger partial charge in [0.05, 0.1) is 6.10 Å². The highest BCUT2D eigenvalue weighted by molar-refractivity contribution is 4.88. The number of nitrogens with zero attached hydrogens (tertiary/aromatic N) is 1. The van der Waals surface area contributed by atoms with Crippen molar-refractivity contribution in [2.75, 3.05) is 53.0 Å². The third kappa shape index (κ3) is 4.42. The summed E-state index contributed by atoms with van der Waals surface area (Å²) in [7, 11) is 2.07. The highest BCUT2D eigenvalue weighted by Gasteiger charge is 2.35. The van der Waals surface area contributed by atoms with Crippen molar-refractivity contribution in [3.63, 3.8) is 0 Å². The minimum Gasteiger partial charge on any atom is -0.381 e. The number of piperidine rings is 1. The molecular formula is C15H30N2O2. The maximum Gasteiger partial charge on any atom is 0.0702 e. The number of hydrogen-bond donors (Lipinski definition) is 1. The second-order valence-electron chi connectivity index (χ2n) is 6.10. The lowest BCUT2D eigenvalue weighted by Gasteiger charge is -2.43. The molecule has 0 amide bonds. The standard InChI is InChI=1S/C15H30N2O2/c1-3-19-14-5-4-8-17(11-14)13-15(12-16-2)6-9-18-10-7-15/h14,16H,3-13H2,1-2H3. The van der Waals surface area contributed by atoms with E-state index in [1.54, 1.807) is 0 Å². The minimum absolute atomic E-state index is 0.404. The molecule has 19 heavy (non-hydrogen) atoms. The zero-order chi connectivity index (χ0) is 13.6. The maximum atomic E-state index is 5.81. The van der Waals surface area contributed by atoms with Crippen molar-refractivity contribution in [1.29, 1.82) is 0 Å². The Morgan fingerprint density at radius 3 is 2.84 bits per heavy atom. The van der Waals surface area contributed by atoms with E-state index in [1.807, 2.05) is 0 Å². The molecule has 2 aliphatic heterocycles. The molecule has 0 bridgehead atoms. The molecule has 2 rings (SSSR count). The van der Waals surface area contributed by atoms with Crippen molar-refractivity contribution in [1.82, 2.24) is 10.2 Å². The van der Waals surface area contributed by atoms with Crippen molar-refractivity contribution >= 4 is 0 Å². The lowest BCUT2D eigenvalue weighted by atomic mass is 9.79. The van der Waals surface area contributed by atoms with Gasteiger partial charge in [0.2, 0.25) is 0 Å². The summed E-state index contributed by atoms with van der Waals surface area (Å²) >= 11 is 0. The molecule has 0 aromatic carbocycles. The normalized spacial score (nSPS) is 28.4. The first-order chi connectivity index (χ1) is 9.28. The molecule has 1 unspecified atom stereocenters. The quantitative estimate of drug-likeness (QED) is 0.793. The average molecular weight is 270 g/mol. The van der Waals surface area contributed by atoms with Gasteiger partial charge in [-0.2, -0.15) is 0 Å². The zero-order valence-electron chi connectivity index (χ0n) is 12.6. The third-order valence-electron chi connectivity index (χ3n) is 4.53. The molecule has 0 saturated carbocycles. The summed E-state index contributed by atoms with van der Waals surface area (Å²) in [4.78, 5) is 2.62.